The number of carboxylic acids is 1. The first-order valence-corrected chi connectivity index (χ1v) is 10.8. The zero-order valence-corrected chi connectivity index (χ0v) is 18.5. The fourth-order valence-electron chi connectivity index (χ4n) is 3.62. The maximum Gasteiger partial charge on any atom is 0.303 e. The number of hydrogen-bond donors (Lipinski definition) is 2. The molecule has 168 valence electrons. The third kappa shape index (κ3) is 5.60. The average Bonchev–Trinajstić information content (AvgIpc) is 3.19. The first-order valence-electron chi connectivity index (χ1n) is 10.8. The number of anilines is 1. The van der Waals surface area contributed by atoms with Crippen molar-refractivity contribution in [1.82, 2.24) is 4.98 Å². The third-order valence-electron chi connectivity index (χ3n) is 5.46. The van der Waals surface area contributed by atoms with Crippen molar-refractivity contribution in [3.8, 4) is 28.3 Å². The van der Waals surface area contributed by atoms with Crippen LogP contribution < -0.4 is 10.5 Å². The number of carboxylic acid groups (broad SMARTS) is 1. The number of benzene rings is 3. The van der Waals surface area contributed by atoms with Gasteiger partial charge in [-0.15, -0.1) is 0 Å². The highest BCUT2D eigenvalue weighted by Gasteiger charge is 2.12. The van der Waals surface area contributed by atoms with E-state index >= 15 is 0 Å². The van der Waals surface area contributed by atoms with Gasteiger partial charge in [0.05, 0.1) is 12.3 Å². The monoisotopic (exact) mass is 442 g/mol. The van der Waals surface area contributed by atoms with Crippen LogP contribution in [0.5, 0.6) is 5.75 Å². The largest absolute Gasteiger partial charge is 0.493 e. The Kier molecular flexibility index (Phi) is 6.74. The zero-order valence-electron chi connectivity index (χ0n) is 18.5. The van der Waals surface area contributed by atoms with E-state index in [4.69, 9.17) is 20.0 Å². The van der Waals surface area contributed by atoms with E-state index in [1.54, 1.807) is 6.07 Å². The molecule has 0 fully saturated rings. The molecular formula is C27H26N2O4. The normalized spacial score (nSPS) is 10.8. The molecule has 33 heavy (non-hydrogen) atoms. The standard InChI is InChI=1S/C27H26N2O4/c1-18-25(15-16-32-23-13-11-21(24(28)17-23)12-14-26(30)31)29-27(33-18)22-9-7-20(8-10-22)19-5-3-2-4-6-19/h2-11,13,17H,12,14-16,28H2,1H3,(H,30,31). The molecule has 0 aliphatic heterocycles. The molecule has 0 saturated carbocycles. The van der Waals surface area contributed by atoms with E-state index in [-0.39, 0.29) is 6.42 Å². The van der Waals surface area contributed by atoms with Crippen molar-refractivity contribution >= 4 is 11.7 Å². The van der Waals surface area contributed by atoms with Gasteiger partial charge in [-0.3, -0.25) is 4.79 Å². The van der Waals surface area contributed by atoms with Crippen molar-refractivity contribution in [1.29, 1.82) is 0 Å². The van der Waals surface area contributed by atoms with Gasteiger partial charge in [0.1, 0.15) is 11.5 Å². The lowest BCUT2D eigenvalue weighted by Crippen LogP contribution is -2.04. The first-order chi connectivity index (χ1) is 16.0. The second kappa shape index (κ2) is 10.0. The molecule has 1 aromatic heterocycles. The van der Waals surface area contributed by atoms with Gasteiger partial charge in [0.15, 0.2) is 0 Å². The maximum absolute atomic E-state index is 10.7. The molecular weight excluding hydrogens is 416 g/mol. The summed E-state index contributed by atoms with van der Waals surface area (Å²) in [6, 6.07) is 23.7. The van der Waals surface area contributed by atoms with Gasteiger partial charge in [-0.05, 0) is 48.2 Å². The van der Waals surface area contributed by atoms with Crippen molar-refractivity contribution < 1.29 is 19.1 Å². The van der Waals surface area contributed by atoms with E-state index in [1.165, 1.54) is 5.56 Å². The van der Waals surface area contributed by atoms with Crippen molar-refractivity contribution in [2.45, 2.75) is 26.2 Å². The molecule has 0 amide bonds. The summed E-state index contributed by atoms with van der Waals surface area (Å²) < 4.78 is 11.7. The van der Waals surface area contributed by atoms with Crippen LogP contribution in [-0.4, -0.2) is 22.7 Å². The van der Waals surface area contributed by atoms with E-state index in [0.717, 1.165) is 28.1 Å². The second-order valence-corrected chi connectivity index (χ2v) is 7.82. The number of ether oxygens (including phenoxy) is 1. The van der Waals surface area contributed by atoms with E-state index in [2.05, 4.69) is 29.2 Å². The Bertz CT molecular complexity index is 1230. The van der Waals surface area contributed by atoms with Gasteiger partial charge < -0.3 is 20.0 Å². The number of nitrogens with two attached hydrogens (primary N) is 1. The summed E-state index contributed by atoms with van der Waals surface area (Å²) in [7, 11) is 0. The summed E-state index contributed by atoms with van der Waals surface area (Å²) in [5.74, 6) is 1.16. The Balaban J connectivity index is 1.36. The molecule has 0 aliphatic carbocycles. The molecule has 0 saturated heterocycles. The first kappa shape index (κ1) is 22.1. The van der Waals surface area contributed by atoms with Crippen molar-refractivity contribution in [3.05, 3.63) is 89.8 Å². The van der Waals surface area contributed by atoms with E-state index in [9.17, 15) is 4.79 Å². The Morgan fingerprint density at radius 3 is 2.36 bits per heavy atom. The van der Waals surface area contributed by atoms with Crippen LogP contribution in [-0.2, 0) is 17.6 Å². The Hall–Kier alpha value is -4.06. The van der Waals surface area contributed by atoms with Crippen molar-refractivity contribution in [2.75, 3.05) is 12.3 Å². The lowest BCUT2D eigenvalue weighted by Gasteiger charge is -2.09. The number of aryl methyl sites for hydroxylation is 2. The summed E-state index contributed by atoms with van der Waals surface area (Å²) in [5.41, 5.74) is 11.5. The van der Waals surface area contributed by atoms with Gasteiger partial charge in [-0.1, -0.05) is 48.5 Å². The Morgan fingerprint density at radius 1 is 0.970 bits per heavy atom. The number of nitrogens with zero attached hydrogens (tertiary/aromatic N) is 1. The summed E-state index contributed by atoms with van der Waals surface area (Å²) in [6.07, 6.45) is 1.04. The number of oxazole rings is 1. The Morgan fingerprint density at radius 2 is 1.67 bits per heavy atom. The second-order valence-electron chi connectivity index (χ2n) is 7.82. The topological polar surface area (TPSA) is 98.6 Å². The predicted octanol–water partition coefficient (Wildman–Crippen LogP) is 5.54. The quantitative estimate of drug-likeness (QED) is 0.330. The Labute approximate surface area is 192 Å². The van der Waals surface area contributed by atoms with Gasteiger partial charge in [-0.2, -0.15) is 0 Å². The van der Waals surface area contributed by atoms with Crippen LogP contribution in [0.4, 0.5) is 5.69 Å². The molecule has 6 heteroatoms. The van der Waals surface area contributed by atoms with E-state index in [1.807, 2.05) is 49.4 Å². The number of aliphatic carboxylic acids is 1. The molecule has 3 N–H and O–H groups in total. The lowest BCUT2D eigenvalue weighted by molar-refractivity contribution is -0.136. The van der Waals surface area contributed by atoms with Crippen molar-refractivity contribution in [2.24, 2.45) is 0 Å². The van der Waals surface area contributed by atoms with Crippen LogP contribution in [0.2, 0.25) is 0 Å². The summed E-state index contributed by atoms with van der Waals surface area (Å²) >= 11 is 0. The molecule has 0 aliphatic rings. The van der Waals surface area contributed by atoms with Crippen LogP contribution in [0.15, 0.2) is 77.2 Å². The zero-order chi connectivity index (χ0) is 23.2. The van der Waals surface area contributed by atoms with Crippen LogP contribution in [0, 0.1) is 6.92 Å². The van der Waals surface area contributed by atoms with Crippen LogP contribution in [0.3, 0.4) is 0 Å². The van der Waals surface area contributed by atoms with Crippen LogP contribution in [0.25, 0.3) is 22.6 Å². The summed E-state index contributed by atoms with van der Waals surface area (Å²) in [5, 5.41) is 8.82. The highest BCUT2D eigenvalue weighted by atomic mass is 16.5. The SMILES string of the molecule is Cc1oc(-c2ccc(-c3ccccc3)cc2)nc1CCOc1ccc(CCC(=O)O)c(N)c1. The number of rotatable bonds is 9. The minimum absolute atomic E-state index is 0.0488. The minimum Gasteiger partial charge on any atom is -0.493 e. The molecule has 1 heterocycles. The number of aromatic nitrogens is 1. The fourth-order valence-corrected chi connectivity index (χ4v) is 3.62. The van der Waals surface area contributed by atoms with Crippen LogP contribution in [0.1, 0.15) is 23.4 Å². The summed E-state index contributed by atoms with van der Waals surface area (Å²) in [4.78, 5) is 15.4. The number of carbonyl (C=O) groups is 1. The van der Waals surface area contributed by atoms with Gasteiger partial charge in [-0.25, -0.2) is 4.98 Å². The minimum atomic E-state index is -0.843. The molecule has 0 radical (unpaired) electrons. The lowest BCUT2D eigenvalue weighted by atomic mass is 10.0. The average molecular weight is 443 g/mol. The fraction of sp³-hybridized carbons (Fsp3) is 0.185. The molecule has 4 aromatic rings. The highest BCUT2D eigenvalue weighted by molar-refractivity contribution is 5.68. The molecule has 3 aromatic carbocycles. The van der Waals surface area contributed by atoms with Gasteiger partial charge in [0.2, 0.25) is 5.89 Å². The van der Waals surface area contributed by atoms with Gasteiger partial charge in [0, 0.05) is 30.2 Å². The van der Waals surface area contributed by atoms with E-state index < -0.39 is 5.97 Å². The van der Waals surface area contributed by atoms with Crippen molar-refractivity contribution in [3.63, 3.8) is 0 Å². The predicted molar refractivity (Wildman–Crippen MR) is 128 cm³/mol. The third-order valence-corrected chi connectivity index (χ3v) is 5.46. The molecule has 0 spiro atoms. The van der Waals surface area contributed by atoms with Gasteiger partial charge >= 0.3 is 5.97 Å². The van der Waals surface area contributed by atoms with Crippen LogP contribution >= 0.6 is 0 Å². The molecule has 0 unspecified atom stereocenters. The smallest absolute Gasteiger partial charge is 0.303 e. The van der Waals surface area contributed by atoms with Gasteiger partial charge in [0.25, 0.3) is 0 Å². The molecule has 0 atom stereocenters. The molecule has 0 bridgehead atoms. The maximum atomic E-state index is 10.7. The van der Waals surface area contributed by atoms with E-state index in [0.29, 0.717) is 36.8 Å². The number of nitrogen functional groups attached to an aromatic ring is 1. The highest BCUT2D eigenvalue weighted by Crippen LogP contribution is 2.26. The summed E-state index contributed by atoms with van der Waals surface area (Å²) in [6.45, 7) is 2.33. The molecule has 6 nitrogen and oxygen atoms in total. The molecule has 4 rings (SSSR count). The number of hydrogen-bond acceptors (Lipinski definition) is 5.